The quantitative estimate of drug-likeness (QED) is 0.818. The van der Waals surface area contributed by atoms with E-state index in [1.54, 1.807) is 7.11 Å². The fraction of sp³-hybridized carbons (Fsp3) is 0.667. The van der Waals surface area contributed by atoms with E-state index in [4.69, 9.17) is 4.74 Å². The standard InChI is InChI=1S/C21H33N3O2/c1-17-7-13-24(14-8-17)16-19-6-4-3-5-18(19)15-23-20(25)21(26-2)9-11-22-12-10-21/h3-6,17,22H,7-16H2,1-2H3,(H,23,25). The average molecular weight is 360 g/mol. The first kappa shape index (κ1) is 19.3. The normalized spacial score (nSPS) is 21.5. The molecule has 0 atom stereocenters. The largest absolute Gasteiger partial charge is 0.368 e. The molecule has 1 amide bonds. The van der Waals surface area contributed by atoms with E-state index in [1.807, 2.05) is 0 Å². The van der Waals surface area contributed by atoms with Gasteiger partial charge in [-0.25, -0.2) is 0 Å². The van der Waals surface area contributed by atoms with Crippen molar-refractivity contribution in [1.29, 1.82) is 0 Å². The van der Waals surface area contributed by atoms with Crippen LogP contribution in [0.25, 0.3) is 0 Å². The minimum atomic E-state index is -0.677. The Labute approximate surface area is 157 Å². The lowest BCUT2D eigenvalue weighted by Crippen LogP contribution is -2.54. The summed E-state index contributed by atoms with van der Waals surface area (Å²) in [6.07, 6.45) is 4.01. The van der Waals surface area contributed by atoms with Gasteiger partial charge in [0, 0.05) is 20.2 Å². The highest BCUT2D eigenvalue weighted by Gasteiger charge is 2.39. The molecule has 144 valence electrons. The Morgan fingerprint density at radius 1 is 1.23 bits per heavy atom. The van der Waals surface area contributed by atoms with Gasteiger partial charge in [0.25, 0.3) is 5.91 Å². The van der Waals surface area contributed by atoms with Gasteiger partial charge in [-0.1, -0.05) is 31.2 Å². The fourth-order valence-electron chi connectivity index (χ4n) is 4.04. The fourth-order valence-corrected chi connectivity index (χ4v) is 4.04. The maximum absolute atomic E-state index is 12.8. The molecule has 0 aliphatic carbocycles. The van der Waals surface area contributed by atoms with E-state index in [2.05, 4.69) is 46.7 Å². The third-order valence-corrected chi connectivity index (χ3v) is 6.04. The van der Waals surface area contributed by atoms with Crippen LogP contribution in [-0.4, -0.2) is 49.7 Å². The van der Waals surface area contributed by atoms with Crippen molar-refractivity contribution >= 4 is 5.91 Å². The molecule has 2 fully saturated rings. The third kappa shape index (κ3) is 4.64. The van der Waals surface area contributed by atoms with Crippen molar-refractivity contribution in [3.8, 4) is 0 Å². The van der Waals surface area contributed by atoms with Crippen LogP contribution >= 0.6 is 0 Å². The summed E-state index contributed by atoms with van der Waals surface area (Å²) in [5.41, 5.74) is 1.85. The summed E-state index contributed by atoms with van der Waals surface area (Å²) in [5.74, 6) is 0.860. The summed E-state index contributed by atoms with van der Waals surface area (Å²) < 4.78 is 5.63. The molecule has 0 saturated carbocycles. The second-order valence-corrected chi connectivity index (χ2v) is 7.86. The molecule has 3 rings (SSSR count). The van der Waals surface area contributed by atoms with Crippen molar-refractivity contribution in [3.05, 3.63) is 35.4 Å². The SMILES string of the molecule is COC1(C(=O)NCc2ccccc2CN2CCC(C)CC2)CCNCC1. The van der Waals surface area contributed by atoms with Crippen molar-refractivity contribution in [2.45, 2.75) is 51.3 Å². The minimum absolute atomic E-state index is 0.0168. The number of carbonyl (C=O) groups is 1. The highest BCUT2D eigenvalue weighted by molar-refractivity contribution is 5.85. The lowest BCUT2D eigenvalue weighted by molar-refractivity contribution is -0.146. The summed E-state index contributed by atoms with van der Waals surface area (Å²) in [7, 11) is 1.65. The summed E-state index contributed by atoms with van der Waals surface area (Å²) in [4.78, 5) is 15.3. The van der Waals surface area contributed by atoms with Gasteiger partial charge in [0.15, 0.2) is 0 Å². The molecule has 2 aliphatic rings. The third-order valence-electron chi connectivity index (χ3n) is 6.04. The molecular weight excluding hydrogens is 326 g/mol. The van der Waals surface area contributed by atoms with Crippen LogP contribution < -0.4 is 10.6 Å². The number of hydrogen-bond donors (Lipinski definition) is 2. The Kier molecular flexibility index (Phi) is 6.68. The summed E-state index contributed by atoms with van der Waals surface area (Å²) >= 11 is 0. The molecule has 1 aromatic carbocycles. The second-order valence-electron chi connectivity index (χ2n) is 7.86. The topological polar surface area (TPSA) is 53.6 Å². The zero-order valence-corrected chi connectivity index (χ0v) is 16.2. The first-order chi connectivity index (χ1) is 12.6. The molecule has 1 aromatic rings. The van der Waals surface area contributed by atoms with Crippen LogP contribution in [-0.2, 0) is 22.6 Å². The average Bonchev–Trinajstić information content (AvgIpc) is 2.69. The summed E-state index contributed by atoms with van der Waals surface area (Å²) in [6, 6.07) is 8.47. The van der Waals surface area contributed by atoms with Crippen molar-refractivity contribution in [1.82, 2.24) is 15.5 Å². The lowest BCUT2D eigenvalue weighted by atomic mass is 9.91. The number of amides is 1. The number of likely N-dealkylation sites (tertiary alicyclic amines) is 1. The monoisotopic (exact) mass is 359 g/mol. The van der Waals surface area contributed by atoms with Gasteiger partial charge in [-0.2, -0.15) is 0 Å². The molecule has 2 N–H and O–H groups in total. The zero-order chi connectivity index (χ0) is 18.4. The lowest BCUT2D eigenvalue weighted by Gasteiger charge is -2.35. The molecule has 2 aliphatic heterocycles. The van der Waals surface area contributed by atoms with Gasteiger partial charge in [0.05, 0.1) is 0 Å². The van der Waals surface area contributed by atoms with Crippen LogP contribution in [0.15, 0.2) is 24.3 Å². The molecule has 0 bridgehead atoms. The van der Waals surface area contributed by atoms with Crippen molar-refractivity contribution in [2.24, 2.45) is 5.92 Å². The van der Waals surface area contributed by atoms with Crippen molar-refractivity contribution in [2.75, 3.05) is 33.3 Å². The highest BCUT2D eigenvalue weighted by Crippen LogP contribution is 2.23. The Balaban J connectivity index is 1.60. The second kappa shape index (κ2) is 8.98. The summed E-state index contributed by atoms with van der Waals surface area (Å²) in [5, 5.41) is 6.43. The van der Waals surface area contributed by atoms with E-state index >= 15 is 0 Å². The van der Waals surface area contributed by atoms with E-state index in [0.29, 0.717) is 6.54 Å². The van der Waals surface area contributed by atoms with Crippen LogP contribution in [0.2, 0.25) is 0 Å². The van der Waals surface area contributed by atoms with E-state index < -0.39 is 5.60 Å². The van der Waals surface area contributed by atoms with Gasteiger partial charge < -0.3 is 15.4 Å². The van der Waals surface area contributed by atoms with Crippen LogP contribution in [0, 0.1) is 5.92 Å². The van der Waals surface area contributed by atoms with Crippen molar-refractivity contribution in [3.63, 3.8) is 0 Å². The summed E-state index contributed by atoms with van der Waals surface area (Å²) in [6.45, 7) is 7.86. The number of nitrogens with zero attached hydrogens (tertiary/aromatic N) is 1. The molecule has 5 heteroatoms. The maximum Gasteiger partial charge on any atom is 0.252 e. The van der Waals surface area contributed by atoms with Gasteiger partial charge >= 0.3 is 0 Å². The zero-order valence-electron chi connectivity index (χ0n) is 16.2. The Morgan fingerprint density at radius 3 is 2.54 bits per heavy atom. The maximum atomic E-state index is 12.8. The van der Waals surface area contributed by atoms with Gasteiger partial charge in [-0.05, 0) is 68.9 Å². The Hall–Kier alpha value is -1.43. The highest BCUT2D eigenvalue weighted by atomic mass is 16.5. The molecule has 0 spiro atoms. The predicted octanol–water partition coefficient (Wildman–Crippen LogP) is 2.30. The van der Waals surface area contributed by atoms with Crippen LogP contribution in [0.1, 0.15) is 43.7 Å². The van der Waals surface area contributed by atoms with Crippen molar-refractivity contribution < 1.29 is 9.53 Å². The number of piperidine rings is 2. The molecule has 0 aromatic heterocycles. The predicted molar refractivity (Wildman–Crippen MR) is 104 cm³/mol. The van der Waals surface area contributed by atoms with E-state index in [1.165, 1.54) is 37.1 Å². The van der Waals surface area contributed by atoms with Crippen LogP contribution in [0.5, 0.6) is 0 Å². The number of benzene rings is 1. The minimum Gasteiger partial charge on any atom is -0.368 e. The smallest absolute Gasteiger partial charge is 0.252 e. The van der Waals surface area contributed by atoms with Gasteiger partial charge in [-0.3, -0.25) is 9.69 Å². The molecule has 0 unspecified atom stereocenters. The molecular formula is C21H33N3O2. The number of nitrogens with one attached hydrogen (secondary N) is 2. The number of ether oxygens (including phenoxy) is 1. The van der Waals surface area contributed by atoms with E-state index in [-0.39, 0.29) is 5.91 Å². The van der Waals surface area contributed by atoms with Gasteiger partial charge in [0.2, 0.25) is 0 Å². The number of rotatable bonds is 6. The van der Waals surface area contributed by atoms with Gasteiger partial charge in [-0.15, -0.1) is 0 Å². The molecule has 0 radical (unpaired) electrons. The van der Waals surface area contributed by atoms with Gasteiger partial charge in [0.1, 0.15) is 5.60 Å². The molecule has 5 nitrogen and oxygen atoms in total. The molecule has 2 heterocycles. The van der Waals surface area contributed by atoms with Crippen LogP contribution in [0.3, 0.4) is 0 Å². The first-order valence-corrected chi connectivity index (χ1v) is 9.96. The number of hydrogen-bond acceptors (Lipinski definition) is 4. The first-order valence-electron chi connectivity index (χ1n) is 9.96. The Morgan fingerprint density at radius 2 is 1.88 bits per heavy atom. The van der Waals surface area contributed by atoms with E-state index in [9.17, 15) is 4.79 Å². The number of carbonyl (C=O) groups excluding carboxylic acids is 1. The van der Waals surface area contributed by atoms with Crippen LogP contribution in [0.4, 0.5) is 0 Å². The molecule has 2 saturated heterocycles. The van der Waals surface area contributed by atoms with E-state index in [0.717, 1.165) is 38.4 Å². The number of methoxy groups -OCH3 is 1. The molecule has 26 heavy (non-hydrogen) atoms. The Bertz CT molecular complexity index is 591.